The molecule has 0 saturated carbocycles. The van der Waals surface area contributed by atoms with E-state index in [1.807, 2.05) is 59.0 Å². The van der Waals surface area contributed by atoms with E-state index in [-0.39, 0.29) is 5.82 Å². The Hall–Kier alpha value is -6.46. The summed E-state index contributed by atoms with van der Waals surface area (Å²) in [5, 5.41) is 1.05. The number of aromatic nitrogens is 4. The molecule has 226 valence electrons. The first kappa shape index (κ1) is 27.8. The van der Waals surface area contributed by atoms with E-state index in [1.165, 1.54) is 11.6 Å². The number of hydrogen-bond donors (Lipinski definition) is 0. The van der Waals surface area contributed by atoms with Crippen molar-refractivity contribution in [1.82, 2.24) is 19.4 Å². The third-order valence-electron chi connectivity index (χ3n) is 8.90. The maximum atomic E-state index is 14.5. The van der Waals surface area contributed by atoms with Gasteiger partial charge in [-0.3, -0.25) is 4.40 Å². The summed E-state index contributed by atoms with van der Waals surface area (Å²) in [5.74, 6) is 0.376. The topological polar surface area (TPSA) is 43.1 Å². The van der Waals surface area contributed by atoms with Gasteiger partial charge in [0.05, 0.1) is 22.4 Å². The second kappa shape index (κ2) is 11.4. The SMILES string of the molecule is Fc1cccc2c1nc1ccc3cc(-c4ccc(-c5cc(-c6ccc(-c7ccccc7)cc6)nc(-c6ccccc6)n5)cc4)ccc3n12. The van der Waals surface area contributed by atoms with Gasteiger partial charge in [0.15, 0.2) is 11.6 Å². The molecular formula is C43H27FN4. The van der Waals surface area contributed by atoms with Crippen molar-refractivity contribution >= 4 is 27.6 Å². The van der Waals surface area contributed by atoms with Crippen LogP contribution < -0.4 is 0 Å². The summed E-state index contributed by atoms with van der Waals surface area (Å²) in [4.78, 5) is 14.5. The molecule has 0 fully saturated rings. The summed E-state index contributed by atoms with van der Waals surface area (Å²) in [6, 6.07) is 55.1. The molecule has 0 aliphatic heterocycles. The molecule has 0 spiro atoms. The van der Waals surface area contributed by atoms with Gasteiger partial charge in [-0.2, -0.15) is 0 Å². The average Bonchev–Trinajstić information content (AvgIpc) is 3.56. The molecule has 0 aliphatic rings. The first-order valence-corrected chi connectivity index (χ1v) is 15.9. The van der Waals surface area contributed by atoms with Crippen LogP contribution in [-0.2, 0) is 0 Å². The molecule has 6 aromatic carbocycles. The Kier molecular flexibility index (Phi) is 6.61. The monoisotopic (exact) mass is 618 g/mol. The highest BCUT2D eigenvalue weighted by Gasteiger charge is 2.13. The minimum Gasteiger partial charge on any atom is -0.292 e. The highest BCUT2D eigenvalue weighted by Crippen LogP contribution is 2.32. The number of imidazole rings is 1. The average molecular weight is 619 g/mol. The van der Waals surface area contributed by atoms with Crippen LogP contribution in [0.1, 0.15) is 0 Å². The smallest absolute Gasteiger partial charge is 0.160 e. The molecule has 0 amide bonds. The Morgan fingerprint density at radius 2 is 0.958 bits per heavy atom. The molecule has 0 unspecified atom stereocenters. The number of para-hydroxylation sites is 1. The van der Waals surface area contributed by atoms with Crippen molar-refractivity contribution in [3.8, 4) is 56.2 Å². The van der Waals surface area contributed by atoms with Crippen LogP contribution in [0.3, 0.4) is 0 Å². The van der Waals surface area contributed by atoms with Crippen LogP contribution in [0.15, 0.2) is 164 Å². The van der Waals surface area contributed by atoms with Crippen molar-refractivity contribution in [3.63, 3.8) is 0 Å². The number of rotatable bonds is 5. The second-order valence-electron chi connectivity index (χ2n) is 11.9. The lowest BCUT2D eigenvalue weighted by molar-refractivity contribution is 0.637. The molecule has 0 radical (unpaired) electrons. The van der Waals surface area contributed by atoms with Crippen LogP contribution in [0, 0.1) is 5.82 Å². The Bertz CT molecular complexity index is 2590. The van der Waals surface area contributed by atoms with E-state index in [9.17, 15) is 4.39 Å². The van der Waals surface area contributed by atoms with E-state index < -0.39 is 0 Å². The number of pyridine rings is 1. The van der Waals surface area contributed by atoms with Gasteiger partial charge >= 0.3 is 0 Å². The van der Waals surface area contributed by atoms with Gasteiger partial charge in [-0.15, -0.1) is 0 Å². The molecule has 4 nitrogen and oxygen atoms in total. The van der Waals surface area contributed by atoms with Crippen molar-refractivity contribution in [2.24, 2.45) is 0 Å². The van der Waals surface area contributed by atoms with Crippen LogP contribution in [0.4, 0.5) is 4.39 Å². The lowest BCUT2D eigenvalue weighted by atomic mass is 9.99. The number of hydrogen-bond acceptors (Lipinski definition) is 3. The van der Waals surface area contributed by atoms with Gasteiger partial charge in [0.1, 0.15) is 11.2 Å². The molecule has 0 bridgehead atoms. The van der Waals surface area contributed by atoms with Crippen molar-refractivity contribution in [3.05, 3.63) is 170 Å². The first-order valence-electron chi connectivity index (χ1n) is 15.9. The molecule has 0 atom stereocenters. The fourth-order valence-corrected chi connectivity index (χ4v) is 6.44. The quantitative estimate of drug-likeness (QED) is 0.193. The van der Waals surface area contributed by atoms with Gasteiger partial charge in [0, 0.05) is 16.7 Å². The third kappa shape index (κ3) is 4.89. The lowest BCUT2D eigenvalue weighted by Crippen LogP contribution is -1.96. The summed E-state index contributed by atoms with van der Waals surface area (Å²) in [7, 11) is 0. The zero-order valence-electron chi connectivity index (χ0n) is 25.8. The van der Waals surface area contributed by atoms with E-state index in [0.717, 1.165) is 66.8 Å². The van der Waals surface area contributed by atoms with E-state index in [4.69, 9.17) is 9.97 Å². The van der Waals surface area contributed by atoms with Gasteiger partial charge in [-0.25, -0.2) is 19.3 Å². The third-order valence-corrected chi connectivity index (χ3v) is 8.90. The molecule has 48 heavy (non-hydrogen) atoms. The number of benzene rings is 6. The summed E-state index contributed by atoms with van der Waals surface area (Å²) in [6.45, 7) is 0. The summed E-state index contributed by atoms with van der Waals surface area (Å²) >= 11 is 0. The molecule has 3 heterocycles. The molecule has 0 saturated heterocycles. The van der Waals surface area contributed by atoms with E-state index in [1.54, 1.807) is 6.07 Å². The van der Waals surface area contributed by atoms with E-state index in [0.29, 0.717) is 11.3 Å². The molecule has 0 N–H and O–H groups in total. The normalized spacial score (nSPS) is 11.4. The number of fused-ring (bicyclic) bond motifs is 5. The van der Waals surface area contributed by atoms with Crippen LogP contribution in [0.2, 0.25) is 0 Å². The summed E-state index contributed by atoms with van der Waals surface area (Å²) in [5.41, 5.74) is 12.1. The maximum absolute atomic E-state index is 14.5. The fraction of sp³-hybridized carbons (Fsp3) is 0. The summed E-state index contributed by atoms with van der Waals surface area (Å²) in [6.07, 6.45) is 0. The Balaban J connectivity index is 1.08. The molecule has 9 aromatic rings. The van der Waals surface area contributed by atoms with Crippen LogP contribution in [0.5, 0.6) is 0 Å². The van der Waals surface area contributed by atoms with E-state index in [2.05, 4.69) is 102 Å². The Morgan fingerprint density at radius 1 is 0.396 bits per heavy atom. The molecule has 9 rings (SSSR count). The van der Waals surface area contributed by atoms with Crippen molar-refractivity contribution < 1.29 is 4.39 Å². The predicted octanol–water partition coefficient (Wildman–Crippen LogP) is 10.9. The maximum Gasteiger partial charge on any atom is 0.160 e. The van der Waals surface area contributed by atoms with Crippen LogP contribution >= 0.6 is 0 Å². The molecule has 0 aliphatic carbocycles. The molecular weight excluding hydrogens is 591 g/mol. The van der Waals surface area contributed by atoms with Gasteiger partial charge in [0.2, 0.25) is 0 Å². The Labute approximate surface area is 276 Å². The van der Waals surface area contributed by atoms with Gasteiger partial charge < -0.3 is 0 Å². The second-order valence-corrected chi connectivity index (χ2v) is 11.9. The Morgan fingerprint density at radius 3 is 1.62 bits per heavy atom. The predicted molar refractivity (Wildman–Crippen MR) is 193 cm³/mol. The van der Waals surface area contributed by atoms with Gasteiger partial charge in [-0.1, -0.05) is 121 Å². The fourth-order valence-electron chi connectivity index (χ4n) is 6.44. The molecule has 5 heteroatoms. The van der Waals surface area contributed by atoms with Crippen molar-refractivity contribution in [1.29, 1.82) is 0 Å². The largest absolute Gasteiger partial charge is 0.292 e. The highest BCUT2D eigenvalue weighted by molar-refractivity contribution is 5.93. The lowest BCUT2D eigenvalue weighted by Gasteiger charge is -2.11. The van der Waals surface area contributed by atoms with E-state index >= 15 is 0 Å². The minimum atomic E-state index is -0.311. The zero-order chi connectivity index (χ0) is 32.0. The van der Waals surface area contributed by atoms with Crippen molar-refractivity contribution in [2.45, 2.75) is 0 Å². The standard InChI is InChI=1S/C43H27FN4/c44-36-12-7-13-40-42(36)47-41-25-23-35-26-34(22-24-39(35)48(40)41)30-16-20-32(21-17-30)38-27-37(45-43(46-38)33-10-5-2-6-11-33)31-18-14-29(15-19-31)28-8-3-1-4-9-28/h1-27H. The highest BCUT2D eigenvalue weighted by atomic mass is 19.1. The first-order chi connectivity index (χ1) is 23.7. The molecule has 3 aromatic heterocycles. The van der Waals surface area contributed by atoms with Gasteiger partial charge in [0.25, 0.3) is 0 Å². The number of nitrogens with zero attached hydrogens (tertiary/aromatic N) is 4. The summed E-state index contributed by atoms with van der Waals surface area (Å²) < 4.78 is 16.5. The van der Waals surface area contributed by atoms with Gasteiger partial charge in [-0.05, 0) is 70.1 Å². The van der Waals surface area contributed by atoms with Crippen LogP contribution in [0.25, 0.3) is 83.7 Å². The van der Waals surface area contributed by atoms with Crippen LogP contribution in [-0.4, -0.2) is 19.4 Å². The zero-order valence-corrected chi connectivity index (χ0v) is 25.8. The number of halogens is 1. The minimum absolute atomic E-state index is 0.311. The van der Waals surface area contributed by atoms with Crippen molar-refractivity contribution in [2.75, 3.05) is 0 Å².